The minimum absolute atomic E-state index is 0.106. The van der Waals surface area contributed by atoms with Gasteiger partial charge in [0.1, 0.15) is 11.6 Å². The lowest BCUT2D eigenvalue weighted by molar-refractivity contribution is -0.143. The average Bonchev–Trinajstić information content (AvgIpc) is 3.65. The fourth-order valence-corrected chi connectivity index (χ4v) is 6.53. The molecule has 0 radical (unpaired) electrons. The molecule has 0 bridgehead atoms. The molecule has 2 aromatic rings. The van der Waals surface area contributed by atoms with Crippen molar-refractivity contribution >= 4 is 5.97 Å². The highest BCUT2D eigenvalue weighted by Crippen LogP contribution is 2.40. The van der Waals surface area contributed by atoms with Crippen LogP contribution in [0.1, 0.15) is 77.4 Å². The number of carbonyl (C=O) groups is 1. The monoisotopic (exact) mass is 555 g/mol. The van der Waals surface area contributed by atoms with Gasteiger partial charge in [-0.05, 0) is 90.0 Å². The number of piperidine rings is 1. The number of imidazole rings is 2. The van der Waals surface area contributed by atoms with Crippen molar-refractivity contribution in [2.24, 2.45) is 11.3 Å². The number of aromatic nitrogens is 4. The Morgan fingerprint density at radius 3 is 2.12 bits per heavy atom. The third-order valence-electron chi connectivity index (χ3n) is 8.69. The molecule has 0 unspecified atom stereocenters. The summed E-state index contributed by atoms with van der Waals surface area (Å²) in [5.74, 6) is 2.83. The maximum absolute atomic E-state index is 11.6. The predicted octanol–water partition coefficient (Wildman–Crippen LogP) is 4.28. The zero-order chi connectivity index (χ0) is 28.4. The zero-order valence-electron chi connectivity index (χ0n) is 25.6. The lowest BCUT2D eigenvalue weighted by atomic mass is 9.77. The highest BCUT2D eigenvalue weighted by molar-refractivity contribution is 5.69. The number of nitrogens with zero attached hydrogens (tertiary/aromatic N) is 7. The standard InChI is InChI=1S/C31H53N7O2/c1-5-40-30(39)9-6-7-16-37-21-13-32-28(37)24-34(4)25-29-33-14-22-38(29)17-8-15-36-20-12-31(26-36)10-18-35(19-11-31)23-27(2)3/h13-14,21-22,27H,5-12,15-20,23-26H2,1-4H3. The van der Waals surface area contributed by atoms with Crippen molar-refractivity contribution in [2.45, 2.75) is 91.9 Å². The zero-order valence-corrected chi connectivity index (χ0v) is 25.6. The van der Waals surface area contributed by atoms with Gasteiger partial charge in [-0.3, -0.25) is 9.69 Å². The Kier molecular flexibility index (Phi) is 11.6. The Bertz CT molecular complexity index is 1020. The topological polar surface area (TPSA) is 71.7 Å². The first-order chi connectivity index (χ1) is 19.4. The maximum Gasteiger partial charge on any atom is 0.305 e. The first-order valence-corrected chi connectivity index (χ1v) is 15.6. The molecular weight excluding hydrogens is 502 g/mol. The van der Waals surface area contributed by atoms with E-state index in [2.05, 4.69) is 60.9 Å². The molecule has 4 rings (SSSR count). The molecule has 9 heteroatoms. The van der Waals surface area contributed by atoms with Crippen LogP contribution in [0.4, 0.5) is 0 Å². The fourth-order valence-electron chi connectivity index (χ4n) is 6.53. The van der Waals surface area contributed by atoms with E-state index in [0.717, 1.165) is 56.6 Å². The van der Waals surface area contributed by atoms with E-state index in [9.17, 15) is 4.79 Å². The van der Waals surface area contributed by atoms with Crippen LogP contribution < -0.4 is 0 Å². The van der Waals surface area contributed by atoms with Crippen molar-refractivity contribution in [3.05, 3.63) is 36.4 Å². The van der Waals surface area contributed by atoms with Gasteiger partial charge in [0.2, 0.25) is 0 Å². The van der Waals surface area contributed by atoms with Gasteiger partial charge >= 0.3 is 5.97 Å². The smallest absolute Gasteiger partial charge is 0.305 e. The van der Waals surface area contributed by atoms with Crippen molar-refractivity contribution in [3.63, 3.8) is 0 Å². The summed E-state index contributed by atoms with van der Waals surface area (Å²) in [5, 5.41) is 0. The van der Waals surface area contributed by atoms with E-state index in [1.54, 1.807) is 0 Å². The Labute approximate surface area is 241 Å². The van der Waals surface area contributed by atoms with Crippen LogP contribution in [0, 0.1) is 11.3 Å². The molecule has 0 amide bonds. The van der Waals surface area contributed by atoms with Gasteiger partial charge in [-0.1, -0.05) is 13.8 Å². The first-order valence-electron chi connectivity index (χ1n) is 15.6. The Balaban J connectivity index is 1.16. The number of aryl methyl sites for hydroxylation is 2. The summed E-state index contributed by atoms with van der Waals surface area (Å²) >= 11 is 0. The Morgan fingerprint density at radius 2 is 1.52 bits per heavy atom. The molecule has 224 valence electrons. The molecular formula is C31H53N7O2. The molecule has 1 spiro atoms. The van der Waals surface area contributed by atoms with E-state index in [1.807, 2.05) is 25.5 Å². The summed E-state index contributed by atoms with van der Waals surface area (Å²) in [5.41, 5.74) is 0.572. The van der Waals surface area contributed by atoms with Crippen molar-refractivity contribution in [1.82, 2.24) is 33.8 Å². The number of ether oxygens (including phenoxy) is 1. The number of hydrogen-bond acceptors (Lipinski definition) is 7. The summed E-state index contributed by atoms with van der Waals surface area (Å²) < 4.78 is 9.55. The molecule has 0 atom stereocenters. The molecule has 4 heterocycles. The van der Waals surface area contributed by atoms with Gasteiger partial charge < -0.3 is 23.7 Å². The van der Waals surface area contributed by atoms with E-state index >= 15 is 0 Å². The lowest BCUT2D eigenvalue weighted by Crippen LogP contribution is -2.42. The fraction of sp³-hybridized carbons (Fsp3) is 0.774. The van der Waals surface area contributed by atoms with Gasteiger partial charge in [0, 0.05) is 57.4 Å². The van der Waals surface area contributed by atoms with Crippen LogP contribution in [0.25, 0.3) is 0 Å². The summed E-state index contributed by atoms with van der Waals surface area (Å²) in [6.07, 6.45) is 15.5. The van der Waals surface area contributed by atoms with Crippen LogP contribution in [0.15, 0.2) is 24.8 Å². The summed E-state index contributed by atoms with van der Waals surface area (Å²) in [6, 6.07) is 0. The highest BCUT2D eigenvalue weighted by Gasteiger charge is 2.40. The summed E-state index contributed by atoms with van der Waals surface area (Å²) in [7, 11) is 2.13. The van der Waals surface area contributed by atoms with Crippen molar-refractivity contribution in [3.8, 4) is 0 Å². The van der Waals surface area contributed by atoms with E-state index in [-0.39, 0.29) is 5.97 Å². The highest BCUT2D eigenvalue weighted by atomic mass is 16.5. The average molecular weight is 556 g/mol. The predicted molar refractivity (Wildman–Crippen MR) is 159 cm³/mol. The van der Waals surface area contributed by atoms with Crippen LogP contribution in [0.2, 0.25) is 0 Å². The van der Waals surface area contributed by atoms with E-state index in [1.165, 1.54) is 65.0 Å². The van der Waals surface area contributed by atoms with E-state index in [0.29, 0.717) is 18.4 Å². The van der Waals surface area contributed by atoms with Crippen LogP contribution in [0.3, 0.4) is 0 Å². The maximum atomic E-state index is 11.6. The molecule has 0 saturated carbocycles. The molecule has 2 aromatic heterocycles. The Hall–Kier alpha value is -2.23. The number of likely N-dealkylation sites (tertiary alicyclic amines) is 2. The third-order valence-corrected chi connectivity index (χ3v) is 8.69. The second kappa shape index (κ2) is 15.1. The van der Waals surface area contributed by atoms with Crippen molar-refractivity contribution in [1.29, 1.82) is 0 Å². The number of unbranched alkanes of at least 4 members (excludes halogenated alkanes) is 1. The second-order valence-electron chi connectivity index (χ2n) is 12.6. The largest absolute Gasteiger partial charge is 0.466 e. The molecule has 2 fully saturated rings. The molecule has 2 saturated heterocycles. The second-order valence-corrected chi connectivity index (χ2v) is 12.6. The molecule has 9 nitrogen and oxygen atoms in total. The Morgan fingerprint density at radius 1 is 0.925 bits per heavy atom. The van der Waals surface area contributed by atoms with Gasteiger partial charge in [-0.2, -0.15) is 0 Å². The van der Waals surface area contributed by atoms with Gasteiger partial charge in [-0.15, -0.1) is 0 Å². The number of carbonyl (C=O) groups excluding carboxylic acids is 1. The van der Waals surface area contributed by atoms with Gasteiger partial charge in [-0.25, -0.2) is 9.97 Å². The van der Waals surface area contributed by atoms with Crippen LogP contribution >= 0.6 is 0 Å². The molecule has 0 aromatic carbocycles. The van der Waals surface area contributed by atoms with Crippen LogP contribution in [0.5, 0.6) is 0 Å². The normalized spacial score (nSPS) is 17.9. The minimum Gasteiger partial charge on any atom is -0.466 e. The van der Waals surface area contributed by atoms with E-state index < -0.39 is 0 Å². The van der Waals surface area contributed by atoms with Gasteiger partial charge in [0.15, 0.2) is 0 Å². The molecule has 0 aliphatic carbocycles. The minimum atomic E-state index is -0.106. The molecule has 40 heavy (non-hydrogen) atoms. The van der Waals surface area contributed by atoms with Gasteiger partial charge in [0.25, 0.3) is 0 Å². The van der Waals surface area contributed by atoms with Crippen LogP contribution in [-0.2, 0) is 35.7 Å². The number of rotatable bonds is 16. The summed E-state index contributed by atoms with van der Waals surface area (Å²) in [4.78, 5) is 28.5. The van der Waals surface area contributed by atoms with Gasteiger partial charge in [0.05, 0.1) is 19.7 Å². The molecule has 2 aliphatic rings. The van der Waals surface area contributed by atoms with Crippen molar-refractivity contribution in [2.75, 3.05) is 52.9 Å². The third kappa shape index (κ3) is 9.14. The quantitative estimate of drug-likeness (QED) is 0.226. The molecule has 0 N–H and O–H groups in total. The van der Waals surface area contributed by atoms with Crippen molar-refractivity contribution < 1.29 is 9.53 Å². The summed E-state index contributed by atoms with van der Waals surface area (Å²) in [6.45, 7) is 18.0. The van der Waals surface area contributed by atoms with Crippen LogP contribution in [-0.4, -0.2) is 92.7 Å². The van der Waals surface area contributed by atoms with E-state index in [4.69, 9.17) is 4.74 Å². The first kappa shape index (κ1) is 30.7. The lowest BCUT2D eigenvalue weighted by Gasteiger charge is -2.40. The number of hydrogen-bond donors (Lipinski definition) is 0. The number of esters is 1. The SMILES string of the molecule is CCOC(=O)CCCCn1ccnc1CN(C)Cc1nccn1CCCN1CCC2(CCN(CC(C)C)CC2)C1. The molecule has 2 aliphatic heterocycles.